The zero-order chi connectivity index (χ0) is 15.9. The van der Waals surface area contributed by atoms with Gasteiger partial charge in [0.05, 0.1) is 12.7 Å². The van der Waals surface area contributed by atoms with E-state index in [-0.39, 0.29) is 6.61 Å². The van der Waals surface area contributed by atoms with Gasteiger partial charge < -0.3 is 20.4 Å². The number of carboxylic acid groups (broad SMARTS) is 1. The van der Waals surface area contributed by atoms with Gasteiger partial charge in [0.1, 0.15) is 0 Å². The average Bonchev–Trinajstić information content (AvgIpc) is 2.47. The number of aliphatic hydroxyl groups is 3. The quantitative estimate of drug-likeness (QED) is 0.348. The van der Waals surface area contributed by atoms with E-state index in [9.17, 15) is 4.79 Å². The molecule has 4 N–H and O–H groups in total. The first-order valence-electron chi connectivity index (χ1n) is 8.27. The summed E-state index contributed by atoms with van der Waals surface area (Å²) < 4.78 is 0. The number of carbonyl (C=O) groups is 1. The Balaban J connectivity index is 3.11. The molecule has 0 amide bonds. The number of aliphatic carboxylic acids is 1. The summed E-state index contributed by atoms with van der Waals surface area (Å²) in [4.78, 5) is 10.4. The molecular formula is C16H32O5. The van der Waals surface area contributed by atoms with Crippen molar-refractivity contribution in [1.82, 2.24) is 0 Å². The summed E-state index contributed by atoms with van der Waals surface area (Å²) in [6.45, 7) is -0.135. The Bertz CT molecular complexity index is 245. The molecular weight excluding hydrogens is 272 g/mol. The van der Waals surface area contributed by atoms with Gasteiger partial charge in [-0.05, 0) is 12.8 Å². The second kappa shape index (κ2) is 14.3. The molecule has 0 saturated carbocycles. The van der Waals surface area contributed by atoms with Crippen LogP contribution in [-0.2, 0) is 4.79 Å². The Kier molecular flexibility index (Phi) is 13.9. The molecule has 126 valence electrons. The molecule has 0 fully saturated rings. The lowest BCUT2D eigenvalue weighted by Gasteiger charge is -2.06. The third-order valence-corrected chi connectivity index (χ3v) is 3.76. The molecule has 0 rings (SSSR count). The SMILES string of the molecule is O=C(O)C(O)CCCCCCCCCCCCC(O)CO. The van der Waals surface area contributed by atoms with Crippen LogP contribution in [0.15, 0.2) is 0 Å². The fourth-order valence-electron chi connectivity index (χ4n) is 2.35. The van der Waals surface area contributed by atoms with Crippen molar-refractivity contribution in [3.63, 3.8) is 0 Å². The van der Waals surface area contributed by atoms with E-state index in [4.69, 9.17) is 20.4 Å². The van der Waals surface area contributed by atoms with Crippen LogP contribution in [0, 0.1) is 0 Å². The van der Waals surface area contributed by atoms with Gasteiger partial charge in [-0.2, -0.15) is 0 Å². The highest BCUT2D eigenvalue weighted by Crippen LogP contribution is 2.13. The number of hydrogen-bond donors (Lipinski definition) is 4. The molecule has 0 aromatic carbocycles. The second-order valence-electron chi connectivity index (χ2n) is 5.80. The van der Waals surface area contributed by atoms with Crippen LogP contribution in [0.25, 0.3) is 0 Å². The fraction of sp³-hybridized carbons (Fsp3) is 0.938. The summed E-state index contributed by atoms with van der Waals surface area (Å²) in [5, 5.41) is 35.4. The molecule has 0 saturated heterocycles. The highest BCUT2D eigenvalue weighted by Gasteiger charge is 2.11. The van der Waals surface area contributed by atoms with Gasteiger partial charge in [0.2, 0.25) is 0 Å². The Morgan fingerprint density at radius 2 is 1.10 bits per heavy atom. The third-order valence-electron chi connectivity index (χ3n) is 3.76. The van der Waals surface area contributed by atoms with E-state index in [1.807, 2.05) is 0 Å². The number of rotatable bonds is 15. The second-order valence-corrected chi connectivity index (χ2v) is 5.80. The minimum atomic E-state index is -1.20. The lowest BCUT2D eigenvalue weighted by Crippen LogP contribution is -2.18. The van der Waals surface area contributed by atoms with Crippen molar-refractivity contribution in [2.45, 2.75) is 89.3 Å². The van der Waals surface area contributed by atoms with E-state index < -0.39 is 18.2 Å². The summed E-state index contributed by atoms with van der Waals surface area (Å²) in [6.07, 6.45) is 10.3. The van der Waals surface area contributed by atoms with E-state index in [0.717, 1.165) is 32.1 Å². The zero-order valence-corrected chi connectivity index (χ0v) is 13.0. The standard InChI is InChI=1S/C16H32O5/c17-13-14(18)11-9-7-5-3-1-2-4-6-8-10-12-15(19)16(20)21/h14-15,17-19H,1-13H2,(H,20,21). The van der Waals surface area contributed by atoms with Crippen molar-refractivity contribution in [1.29, 1.82) is 0 Å². The molecule has 0 bridgehead atoms. The highest BCUT2D eigenvalue weighted by atomic mass is 16.4. The summed E-state index contributed by atoms with van der Waals surface area (Å²) in [5.74, 6) is -1.12. The third kappa shape index (κ3) is 14.1. The maximum Gasteiger partial charge on any atom is 0.332 e. The van der Waals surface area contributed by atoms with E-state index in [1.165, 1.54) is 32.1 Å². The van der Waals surface area contributed by atoms with Gasteiger partial charge >= 0.3 is 5.97 Å². The fourth-order valence-corrected chi connectivity index (χ4v) is 2.35. The first kappa shape index (κ1) is 20.3. The van der Waals surface area contributed by atoms with Crippen molar-refractivity contribution >= 4 is 5.97 Å². The van der Waals surface area contributed by atoms with Crippen molar-refractivity contribution in [3.05, 3.63) is 0 Å². The predicted octanol–water partition coefficient (Wildman–Crippen LogP) is 2.47. The molecule has 2 atom stereocenters. The maximum atomic E-state index is 10.4. The van der Waals surface area contributed by atoms with E-state index >= 15 is 0 Å². The molecule has 21 heavy (non-hydrogen) atoms. The topological polar surface area (TPSA) is 98.0 Å². The molecule has 0 spiro atoms. The summed E-state index contributed by atoms with van der Waals surface area (Å²) in [5.41, 5.74) is 0. The van der Waals surface area contributed by atoms with Crippen LogP contribution in [0.3, 0.4) is 0 Å². The first-order valence-corrected chi connectivity index (χ1v) is 8.27. The Hall–Kier alpha value is -0.650. The van der Waals surface area contributed by atoms with Crippen molar-refractivity contribution in [2.75, 3.05) is 6.61 Å². The smallest absolute Gasteiger partial charge is 0.332 e. The van der Waals surface area contributed by atoms with Crippen molar-refractivity contribution in [3.8, 4) is 0 Å². The van der Waals surface area contributed by atoms with E-state index in [0.29, 0.717) is 12.8 Å². The van der Waals surface area contributed by atoms with Crippen molar-refractivity contribution < 1.29 is 25.2 Å². The van der Waals surface area contributed by atoms with Crippen molar-refractivity contribution in [2.24, 2.45) is 0 Å². The maximum absolute atomic E-state index is 10.4. The van der Waals surface area contributed by atoms with E-state index in [1.54, 1.807) is 0 Å². The predicted molar refractivity (Wildman–Crippen MR) is 82.1 cm³/mol. The molecule has 2 unspecified atom stereocenters. The van der Waals surface area contributed by atoms with Gasteiger partial charge in [-0.25, -0.2) is 4.79 Å². The summed E-state index contributed by atoms with van der Waals surface area (Å²) in [7, 11) is 0. The van der Waals surface area contributed by atoms with Gasteiger partial charge in [-0.3, -0.25) is 0 Å². The van der Waals surface area contributed by atoms with Crippen LogP contribution in [0.5, 0.6) is 0 Å². The minimum absolute atomic E-state index is 0.135. The molecule has 0 aromatic heterocycles. The number of hydrogen-bond acceptors (Lipinski definition) is 4. The van der Waals surface area contributed by atoms with Gasteiger partial charge in [0, 0.05) is 0 Å². The van der Waals surface area contributed by atoms with Crippen LogP contribution in [-0.4, -0.2) is 45.2 Å². The van der Waals surface area contributed by atoms with Gasteiger partial charge in [0.25, 0.3) is 0 Å². The summed E-state index contributed by atoms with van der Waals surface area (Å²) >= 11 is 0. The molecule has 0 aromatic rings. The Morgan fingerprint density at radius 3 is 1.48 bits per heavy atom. The first-order chi connectivity index (χ1) is 10.1. The number of aliphatic hydroxyl groups excluding tert-OH is 3. The molecule has 5 heteroatoms. The molecule has 0 aliphatic carbocycles. The van der Waals surface area contributed by atoms with Crippen LogP contribution < -0.4 is 0 Å². The molecule has 0 aliphatic rings. The monoisotopic (exact) mass is 304 g/mol. The lowest BCUT2D eigenvalue weighted by atomic mass is 10.0. The van der Waals surface area contributed by atoms with Crippen LogP contribution >= 0.6 is 0 Å². The highest BCUT2D eigenvalue weighted by molar-refractivity contribution is 5.71. The van der Waals surface area contributed by atoms with Crippen LogP contribution in [0.4, 0.5) is 0 Å². The Morgan fingerprint density at radius 1 is 0.714 bits per heavy atom. The van der Waals surface area contributed by atoms with Gasteiger partial charge in [-0.1, -0.05) is 64.2 Å². The van der Waals surface area contributed by atoms with E-state index in [2.05, 4.69) is 0 Å². The Labute approximate surface area is 128 Å². The molecule has 0 heterocycles. The van der Waals surface area contributed by atoms with Gasteiger partial charge in [0.15, 0.2) is 6.10 Å². The lowest BCUT2D eigenvalue weighted by molar-refractivity contribution is -0.146. The summed E-state index contributed by atoms with van der Waals surface area (Å²) in [6, 6.07) is 0. The van der Waals surface area contributed by atoms with Gasteiger partial charge in [-0.15, -0.1) is 0 Å². The average molecular weight is 304 g/mol. The zero-order valence-electron chi connectivity index (χ0n) is 13.0. The molecule has 0 radical (unpaired) electrons. The normalized spacial score (nSPS) is 14.0. The minimum Gasteiger partial charge on any atom is -0.479 e. The van der Waals surface area contributed by atoms with Crippen LogP contribution in [0.2, 0.25) is 0 Å². The molecule has 5 nitrogen and oxygen atoms in total. The largest absolute Gasteiger partial charge is 0.479 e. The number of carboxylic acids is 1. The molecule has 0 aliphatic heterocycles. The van der Waals surface area contributed by atoms with Crippen LogP contribution in [0.1, 0.15) is 77.0 Å². The number of unbranched alkanes of at least 4 members (excludes halogenated alkanes) is 9.